The van der Waals surface area contributed by atoms with Crippen LogP contribution >= 0.6 is 0 Å². The van der Waals surface area contributed by atoms with Crippen molar-refractivity contribution < 1.29 is 5.11 Å². The molecule has 0 spiro atoms. The molecule has 0 aliphatic carbocycles. The van der Waals surface area contributed by atoms with E-state index in [1.807, 2.05) is 13.0 Å². The number of aliphatic hydroxyl groups excluding tert-OH is 1. The Hall–Kier alpha value is -0.830. The van der Waals surface area contributed by atoms with Crippen LogP contribution in [0.15, 0.2) is 18.5 Å². The topological polar surface area (TPSA) is 38.0 Å². The van der Waals surface area contributed by atoms with Crippen LogP contribution in [-0.2, 0) is 0 Å². The molecule has 1 rings (SSSR count). The molecule has 1 N–H and O–H groups in total. The molecule has 49 valence electrons. The fraction of sp³-hybridized carbons (Fsp3) is 0.333. The molecule has 1 radical (unpaired) electrons. The lowest BCUT2D eigenvalue weighted by atomic mass is 10.4. The van der Waals surface area contributed by atoms with Crippen molar-refractivity contribution >= 4 is 0 Å². The molecule has 1 aromatic heterocycles. The third kappa shape index (κ3) is 1.29. The van der Waals surface area contributed by atoms with Crippen LogP contribution in [-0.4, -0.2) is 14.9 Å². The molecule has 3 nitrogen and oxygen atoms in total. The van der Waals surface area contributed by atoms with Gasteiger partial charge in [0.1, 0.15) is 6.61 Å². The lowest BCUT2D eigenvalue weighted by Gasteiger charge is -2.05. The zero-order valence-corrected chi connectivity index (χ0v) is 5.23. The maximum Gasteiger partial charge on any atom is 0.104 e. The van der Waals surface area contributed by atoms with E-state index >= 15 is 0 Å². The summed E-state index contributed by atoms with van der Waals surface area (Å²) in [6.45, 7) is 2.96. The van der Waals surface area contributed by atoms with E-state index in [1.54, 1.807) is 17.1 Å². The minimum atomic E-state index is -0.0278. The summed E-state index contributed by atoms with van der Waals surface area (Å²) in [5, 5.41) is 12.4. The van der Waals surface area contributed by atoms with Crippen molar-refractivity contribution in [3.63, 3.8) is 0 Å². The molecular weight excluding hydrogens is 116 g/mol. The van der Waals surface area contributed by atoms with E-state index in [4.69, 9.17) is 5.11 Å². The van der Waals surface area contributed by atoms with Gasteiger partial charge in [0, 0.05) is 12.4 Å². The summed E-state index contributed by atoms with van der Waals surface area (Å²) in [4.78, 5) is 0. The molecule has 1 heterocycles. The molecule has 0 aliphatic rings. The zero-order valence-electron chi connectivity index (χ0n) is 5.23. The Morgan fingerprint density at radius 1 is 1.78 bits per heavy atom. The standard InChI is InChI=1S/C6H9N2O/c1-6(5-9)8-4-2-3-7-8/h2-6,9H,1H3. The lowest BCUT2D eigenvalue weighted by molar-refractivity contribution is 0.313. The molecule has 1 aromatic rings. The van der Waals surface area contributed by atoms with Gasteiger partial charge in [-0.1, -0.05) is 0 Å². The Kier molecular flexibility index (Phi) is 1.85. The predicted molar refractivity (Wildman–Crippen MR) is 33.2 cm³/mol. The van der Waals surface area contributed by atoms with E-state index in [2.05, 4.69) is 5.10 Å². The molecule has 0 saturated heterocycles. The van der Waals surface area contributed by atoms with E-state index in [-0.39, 0.29) is 6.04 Å². The smallest absolute Gasteiger partial charge is 0.104 e. The van der Waals surface area contributed by atoms with E-state index < -0.39 is 0 Å². The van der Waals surface area contributed by atoms with Gasteiger partial charge < -0.3 is 5.11 Å². The summed E-state index contributed by atoms with van der Waals surface area (Å²) in [5.74, 6) is 0. The zero-order chi connectivity index (χ0) is 6.69. The van der Waals surface area contributed by atoms with Crippen LogP contribution in [0, 0.1) is 6.61 Å². The maximum atomic E-state index is 8.52. The number of hydrogen-bond donors (Lipinski definition) is 1. The van der Waals surface area contributed by atoms with Gasteiger partial charge in [0.15, 0.2) is 0 Å². The van der Waals surface area contributed by atoms with Gasteiger partial charge in [-0.2, -0.15) is 5.10 Å². The van der Waals surface area contributed by atoms with Crippen molar-refractivity contribution in [2.24, 2.45) is 0 Å². The monoisotopic (exact) mass is 125 g/mol. The van der Waals surface area contributed by atoms with Crippen molar-refractivity contribution in [3.05, 3.63) is 25.1 Å². The molecule has 1 atom stereocenters. The van der Waals surface area contributed by atoms with E-state index in [1.165, 1.54) is 0 Å². The fourth-order valence-corrected chi connectivity index (χ4v) is 0.590. The summed E-state index contributed by atoms with van der Waals surface area (Å²) in [7, 11) is 0. The maximum absolute atomic E-state index is 8.52. The Morgan fingerprint density at radius 3 is 3.00 bits per heavy atom. The number of nitrogens with zero attached hydrogens (tertiary/aromatic N) is 2. The van der Waals surface area contributed by atoms with Crippen molar-refractivity contribution in [2.45, 2.75) is 13.0 Å². The Labute approximate surface area is 53.9 Å². The number of aromatic nitrogens is 2. The second kappa shape index (κ2) is 2.64. The first-order valence-electron chi connectivity index (χ1n) is 2.81. The highest BCUT2D eigenvalue weighted by molar-refractivity contribution is 4.82. The Balaban J connectivity index is 2.65. The van der Waals surface area contributed by atoms with Crippen LogP contribution in [0.1, 0.15) is 13.0 Å². The normalized spacial score (nSPS) is 13.6. The van der Waals surface area contributed by atoms with Crippen molar-refractivity contribution in [1.82, 2.24) is 9.78 Å². The van der Waals surface area contributed by atoms with Crippen LogP contribution in [0.2, 0.25) is 0 Å². The van der Waals surface area contributed by atoms with Gasteiger partial charge in [0.2, 0.25) is 0 Å². The highest BCUT2D eigenvalue weighted by Gasteiger charge is 1.99. The van der Waals surface area contributed by atoms with Crippen LogP contribution < -0.4 is 0 Å². The number of aliphatic hydroxyl groups is 1. The van der Waals surface area contributed by atoms with Gasteiger partial charge in [0.25, 0.3) is 0 Å². The van der Waals surface area contributed by atoms with E-state index in [0.717, 1.165) is 6.61 Å². The third-order valence-corrected chi connectivity index (χ3v) is 1.16. The van der Waals surface area contributed by atoms with Gasteiger partial charge in [-0.25, -0.2) is 0 Å². The molecule has 0 fully saturated rings. The SMILES string of the molecule is CC([CH]O)n1cccn1. The quantitative estimate of drug-likeness (QED) is 0.639. The van der Waals surface area contributed by atoms with Crippen molar-refractivity contribution in [3.8, 4) is 0 Å². The number of rotatable bonds is 2. The minimum absolute atomic E-state index is 0.0278. The summed E-state index contributed by atoms with van der Waals surface area (Å²) in [6, 6.07) is 1.79. The highest BCUT2D eigenvalue weighted by Crippen LogP contribution is 2.03. The van der Waals surface area contributed by atoms with Gasteiger partial charge in [0.05, 0.1) is 6.04 Å². The number of hydrogen-bond acceptors (Lipinski definition) is 2. The highest BCUT2D eigenvalue weighted by atomic mass is 16.3. The predicted octanol–water partition coefficient (Wildman–Crippen LogP) is 0.978. The van der Waals surface area contributed by atoms with E-state index in [0.29, 0.717) is 0 Å². The van der Waals surface area contributed by atoms with Gasteiger partial charge in [-0.05, 0) is 13.0 Å². The van der Waals surface area contributed by atoms with Crippen LogP contribution in [0.3, 0.4) is 0 Å². The summed E-state index contributed by atoms with van der Waals surface area (Å²) in [5.41, 5.74) is 0. The second-order valence-corrected chi connectivity index (χ2v) is 1.88. The first-order valence-corrected chi connectivity index (χ1v) is 2.81. The van der Waals surface area contributed by atoms with Crippen molar-refractivity contribution in [1.29, 1.82) is 0 Å². The largest absolute Gasteiger partial charge is 0.388 e. The molecule has 0 amide bonds. The molecule has 3 heteroatoms. The van der Waals surface area contributed by atoms with Gasteiger partial charge in [-0.3, -0.25) is 4.68 Å². The molecule has 1 unspecified atom stereocenters. The fourth-order valence-electron chi connectivity index (χ4n) is 0.590. The second-order valence-electron chi connectivity index (χ2n) is 1.88. The Morgan fingerprint density at radius 2 is 2.56 bits per heavy atom. The van der Waals surface area contributed by atoms with Crippen LogP contribution in [0.4, 0.5) is 0 Å². The first kappa shape index (κ1) is 6.29. The minimum Gasteiger partial charge on any atom is -0.388 e. The van der Waals surface area contributed by atoms with Gasteiger partial charge in [-0.15, -0.1) is 0 Å². The molecule has 9 heavy (non-hydrogen) atoms. The first-order chi connectivity index (χ1) is 4.34. The average molecular weight is 125 g/mol. The average Bonchev–Trinajstić information content (AvgIpc) is 2.37. The van der Waals surface area contributed by atoms with Crippen LogP contribution in [0.25, 0.3) is 0 Å². The summed E-state index contributed by atoms with van der Waals surface area (Å²) in [6.07, 6.45) is 3.48. The lowest BCUT2D eigenvalue weighted by Crippen LogP contribution is -2.04. The van der Waals surface area contributed by atoms with Crippen molar-refractivity contribution in [2.75, 3.05) is 0 Å². The summed E-state index contributed by atoms with van der Waals surface area (Å²) < 4.78 is 1.67. The molecule has 0 saturated carbocycles. The Bertz CT molecular complexity index is 160. The van der Waals surface area contributed by atoms with Gasteiger partial charge >= 0.3 is 0 Å². The van der Waals surface area contributed by atoms with E-state index in [9.17, 15) is 0 Å². The molecule has 0 aromatic carbocycles. The molecule has 0 aliphatic heterocycles. The summed E-state index contributed by atoms with van der Waals surface area (Å²) >= 11 is 0. The third-order valence-electron chi connectivity index (χ3n) is 1.16. The molecular formula is C6H9N2O. The van der Waals surface area contributed by atoms with Crippen LogP contribution in [0.5, 0.6) is 0 Å². The molecule has 0 bridgehead atoms.